The number of hydrogen-bond donors (Lipinski definition) is 2. The summed E-state index contributed by atoms with van der Waals surface area (Å²) in [5.74, 6) is -1.08. The van der Waals surface area contributed by atoms with Crippen molar-refractivity contribution in [3.63, 3.8) is 0 Å². The normalized spacial score (nSPS) is 16.7. The van der Waals surface area contributed by atoms with Gasteiger partial charge in [-0.15, -0.1) is 0 Å². The minimum Gasteiger partial charge on any atom is -0.492 e. The van der Waals surface area contributed by atoms with Crippen LogP contribution in [0, 0.1) is 5.92 Å². The number of amides is 5. The van der Waals surface area contributed by atoms with Gasteiger partial charge in [-0.2, -0.15) is 14.3 Å². The van der Waals surface area contributed by atoms with Gasteiger partial charge in [-0.3, -0.25) is 9.59 Å². The monoisotopic (exact) mass is 497 g/mol. The molecule has 0 bridgehead atoms. The van der Waals surface area contributed by atoms with Gasteiger partial charge in [0.05, 0.1) is 18.8 Å². The van der Waals surface area contributed by atoms with Crippen LogP contribution in [0.5, 0.6) is 5.75 Å². The van der Waals surface area contributed by atoms with Crippen molar-refractivity contribution in [3.8, 4) is 5.75 Å². The Kier molecular flexibility index (Phi) is 9.93. The van der Waals surface area contributed by atoms with Gasteiger partial charge in [-0.25, -0.2) is 4.79 Å². The van der Waals surface area contributed by atoms with E-state index in [2.05, 4.69) is 10.6 Å². The van der Waals surface area contributed by atoms with Crippen molar-refractivity contribution < 1.29 is 33.2 Å². The lowest BCUT2D eigenvalue weighted by Crippen LogP contribution is -2.55. The van der Waals surface area contributed by atoms with Crippen LogP contribution in [0.2, 0.25) is 0 Å². The van der Waals surface area contributed by atoms with E-state index < -0.39 is 17.9 Å². The molecule has 10 nitrogen and oxygen atoms in total. The van der Waals surface area contributed by atoms with Crippen LogP contribution in [0.15, 0.2) is 48.6 Å². The van der Waals surface area contributed by atoms with Crippen LogP contribution in [0.3, 0.4) is 0 Å². The zero-order chi connectivity index (χ0) is 25.9. The largest absolute Gasteiger partial charge is 0.501 e. The van der Waals surface area contributed by atoms with Gasteiger partial charge in [0.15, 0.2) is 6.54 Å². The second kappa shape index (κ2) is 13.3. The van der Waals surface area contributed by atoms with Gasteiger partial charge in [0.1, 0.15) is 17.4 Å². The highest BCUT2D eigenvalue weighted by Gasteiger charge is 2.46. The minimum atomic E-state index is -0.668. The number of ether oxygens (including phenoxy) is 2. The van der Waals surface area contributed by atoms with Crippen LogP contribution in [0.4, 0.5) is 10.5 Å². The van der Waals surface area contributed by atoms with E-state index in [0.29, 0.717) is 49.7 Å². The minimum absolute atomic E-state index is 0.0792. The van der Waals surface area contributed by atoms with Gasteiger partial charge >= 0.3 is 11.9 Å². The second-order valence-electron chi connectivity index (χ2n) is 8.28. The Hall–Kier alpha value is -3.79. The lowest BCUT2D eigenvalue weighted by atomic mass is 9.94. The Labute approximate surface area is 210 Å². The van der Waals surface area contributed by atoms with Crippen molar-refractivity contribution in [2.24, 2.45) is 5.92 Å². The molecule has 2 aliphatic rings. The van der Waals surface area contributed by atoms with Crippen LogP contribution in [-0.2, 0) is 19.1 Å². The second-order valence-corrected chi connectivity index (χ2v) is 8.28. The highest BCUT2D eigenvalue weighted by molar-refractivity contribution is 6.17. The molecule has 36 heavy (non-hydrogen) atoms. The van der Waals surface area contributed by atoms with Crippen LogP contribution in [-0.4, -0.2) is 78.9 Å². The Morgan fingerprint density at radius 3 is 2.69 bits per heavy atom. The number of allylic oxidation sites excluding steroid dienone is 3. The fraction of sp³-hybridized carbons (Fsp3) is 0.423. The quantitative estimate of drug-likeness (QED) is 0.319. The van der Waals surface area contributed by atoms with Crippen molar-refractivity contribution in [3.05, 3.63) is 48.6 Å². The van der Waals surface area contributed by atoms with Gasteiger partial charge in [0.2, 0.25) is 5.91 Å². The first-order chi connectivity index (χ1) is 17.5. The molecule has 10 heteroatoms. The molecule has 0 radical (unpaired) electrons. The molecule has 0 saturated carbocycles. The number of rotatable bonds is 13. The summed E-state index contributed by atoms with van der Waals surface area (Å²) < 4.78 is 11.8. The number of carbonyl (C=O) groups excluding carboxylic acids is 4. The SMILES string of the molecule is CCOc1ccccc1NC(=O)C[N+]1=C2C=CC=CC2C(=O)N(CCCC(=O)NCCCOC)C1=O. The third-order valence-electron chi connectivity index (χ3n) is 5.70. The summed E-state index contributed by atoms with van der Waals surface area (Å²) in [5, 5.41) is 5.58. The first-order valence-electron chi connectivity index (χ1n) is 12.1. The summed E-state index contributed by atoms with van der Waals surface area (Å²) >= 11 is 0. The molecule has 1 aliphatic heterocycles. The molecular weight excluding hydrogens is 464 g/mol. The van der Waals surface area contributed by atoms with E-state index >= 15 is 0 Å². The molecule has 0 spiro atoms. The van der Waals surface area contributed by atoms with Gasteiger partial charge in [-0.05, 0) is 38.0 Å². The molecule has 192 valence electrons. The number of para-hydroxylation sites is 2. The van der Waals surface area contributed by atoms with E-state index in [9.17, 15) is 19.2 Å². The number of hydrogen-bond acceptors (Lipinski definition) is 6. The molecule has 1 unspecified atom stereocenters. The number of anilines is 1. The molecule has 1 atom stereocenters. The molecule has 0 fully saturated rings. The molecule has 1 heterocycles. The van der Waals surface area contributed by atoms with Crippen molar-refractivity contribution in [1.29, 1.82) is 0 Å². The number of benzene rings is 1. The molecule has 5 amide bonds. The van der Waals surface area contributed by atoms with E-state index in [1.54, 1.807) is 55.7 Å². The molecule has 3 rings (SSSR count). The highest BCUT2D eigenvalue weighted by Crippen LogP contribution is 2.24. The van der Waals surface area contributed by atoms with Crippen LogP contribution < -0.4 is 15.4 Å². The molecule has 1 aromatic rings. The summed E-state index contributed by atoms with van der Waals surface area (Å²) in [6.07, 6.45) is 8.04. The lowest BCUT2D eigenvalue weighted by Gasteiger charge is -2.26. The summed E-state index contributed by atoms with van der Waals surface area (Å²) in [4.78, 5) is 52.5. The average Bonchev–Trinajstić information content (AvgIpc) is 2.88. The van der Waals surface area contributed by atoms with Crippen molar-refractivity contribution in [1.82, 2.24) is 10.2 Å². The number of nitrogens with one attached hydrogen (secondary N) is 2. The Bertz CT molecular complexity index is 1080. The van der Waals surface area contributed by atoms with Crippen LogP contribution in [0.1, 0.15) is 26.2 Å². The number of fused-ring (bicyclic) bond motifs is 1. The van der Waals surface area contributed by atoms with E-state index in [-0.39, 0.29) is 31.3 Å². The van der Waals surface area contributed by atoms with Crippen LogP contribution >= 0.6 is 0 Å². The molecule has 0 saturated heterocycles. The fourth-order valence-corrected chi connectivity index (χ4v) is 4.00. The zero-order valence-corrected chi connectivity index (χ0v) is 20.7. The van der Waals surface area contributed by atoms with E-state index in [1.807, 2.05) is 6.92 Å². The topological polar surface area (TPSA) is 117 Å². The maximum absolute atomic E-state index is 13.3. The standard InChI is InChI=1S/C26H32N4O6/c1-3-36-22-13-7-5-11-20(22)28-24(32)18-30-21-12-6-4-10-19(21)25(33)29(26(30)34)16-8-14-23(31)27-15-9-17-35-2/h4-7,10-13,19H,3,8-9,14-18H2,1-2H3,(H-,27,28,31,32)/p+1. The number of methoxy groups -OCH3 is 1. The van der Waals surface area contributed by atoms with Crippen molar-refractivity contribution in [2.75, 3.05) is 45.3 Å². The number of imide groups is 1. The van der Waals surface area contributed by atoms with E-state index in [4.69, 9.17) is 9.47 Å². The molecule has 1 aromatic carbocycles. The Morgan fingerprint density at radius 2 is 1.92 bits per heavy atom. The lowest BCUT2D eigenvalue weighted by molar-refractivity contribution is -0.427. The zero-order valence-electron chi connectivity index (χ0n) is 20.7. The number of nitrogens with zero attached hydrogens (tertiary/aromatic N) is 2. The summed E-state index contributed by atoms with van der Waals surface area (Å²) in [7, 11) is 1.60. The molecule has 0 aromatic heterocycles. The van der Waals surface area contributed by atoms with E-state index in [1.165, 1.54) is 4.58 Å². The maximum Gasteiger partial charge on any atom is 0.501 e. The average molecular weight is 498 g/mol. The number of urea groups is 1. The Morgan fingerprint density at radius 1 is 1.11 bits per heavy atom. The molecule has 2 N–H and O–H groups in total. The predicted molar refractivity (Wildman–Crippen MR) is 134 cm³/mol. The molecule has 1 aliphatic carbocycles. The van der Waals surface area contributed by atoms with Gasteiger partial charge in [-0.1, -0.05) is 30.4 Å². The summed E-state index contributed by atoms with van der Waals surface area (Å²) in [6, 6.07) is 6.46. The highest BCUT2D eigenvalue weighted by atomic mass is 16.5. The summed E-state index contributed by atoms with van der Waals surface area (Å²) in [6.45, 7) is 3.15. The van der Waals surface area contributed by atoms with Crippen molar-refractivity contribution >= 4 is 35.2 Å². The third-order valence-corrected chi connectivity index (χ3v) is 5.70. The number of carbonyl (C=O) groups is 4. The first kappa shape index (κ1) is 26.8. The third kappa shape index (κ3) is 6.88. The molecular formula is C26H33N4O6+. The Balaban J connectivity index is 1.68. The van der Waals surface area contributed by atoms with Gasteiger partial charge in [0, 0.05) is 26.7 Å². The van der Waals surface area contributed by atoms with Crippen LogP contribution in [0.25, 0.3) is 0 Å². The van der Waals surface area contributed by atoms with E-state index in [0.717, 1.165) is 4.90 Å². The summed E-state index contributed by atoms with van der Waals surface area (Å²) in [5.41, 5.74) is 0.951. The fourth-order valence-electron chi connectivity index (χ4n) is 4.00. The maximum atomic E-state index is 13.3. The first-order valence-corrected chi connectivity index (χ1v) is 12.1. The van der Waals surface area contributed by atoms with Gasteiger partial charge in [0.25, 0.3) is 5.91 Å². The van der Waals surface area contributed by atoms with Crippen molar-refractivity contribution in [2.45, 2.75) is 26.2 Å². The smallest absolute Gasteiger partial charge is 0.492 e. The predicted octanol–water partition coefficient (Wildman–Crippen LogP) is 2.11. The van der Waals surface area contributed by atoms with Gasteiger partial charge < -0.3 is 20.1 Å².